The van der Waals surface area contributed by atoms with Gasteiger partial charge in [0.05, 0.1) is 5.60 Å². The lowest BCUT2D eigenvalue weighted by Crippen LogP contribution is -2.61. The first kappa shape index (κ1) is 19.4. The van der Waals surface area contributed by atoms with Crippen LogP contribution in [0.3, 0.4) is 0 Å². The average molecular weight is 366 g/mol. The van der Waals surface area contributed by atoms with Crippen molar-refractivity contribution in [2.45, 2.75) is 76.8 Å². The maximum Gasteiger partial charge on any atom is 0.334 e. The predicted octanol–water partition coefficient (Wildman–Crippen LogP) is 3.14. The molecule has 0 heterocycles. The summed E-state index contributed by atoms with van der Waals surface area (Å²) >= 11 is 0. The molecule has 6 nitrogen and oxygen atoms in total. The van der Waals surface area contributed by atoms with Gasteiger partial charge in [0.2, 0.25) is 0 Å². The van der Waals surface area contributed by atoms with Crippen molar-refractivity contribution >= 4 is 11.9 Å². The first-order chi connectivity index (χ1) is 12.2. The van der Waals surface area contributed by atoms with Crippen LogP contribution in [0.15, 0.2) is 12.2 Å². The Morgan fingerprint density at radius 2 is 1.77 bits per heavy atom. The summed E-state index contributed by atoms with van der Waals surface area (Å²) in [5, 5.41) is 0. The Bertz CT molecular complexity index is 569. The molecule has 0 N–H and O–H groups in total. The second-order valence-electron chi connectivity index (χ2n) is 8.30. The Kier molecular flexibility index (Phi) is 5.45. The summed E-state index contributed by atoms with van der Waals surface area (Å²) in [6.45, 7) is 9.30. The number of ether oxygens (including phenoxy) is 4. The monoisotopic (exact) mass is 366 g/mol. The van der Waals surface area contributed by atoms with Crippen molar-refractivity contribution in [1.29, 1.82) is 0 Å². The van der Waals surface area contributed by atoms with Crippen molar-refractivity contribution < 1.29 is 28.5 Å². The summed E-state index contributed by atoms with van der Waals surface area (Å²) in [4.78, 5) is 24.2. The fourth-order valence-electron chi connectivity index (χ4n) is 5.37. The zero-order chi connectivity index (χ0) is 18.9. The van der Waals surface area contributed by atoms with Gasteiger partial charge in [0.25, 0.3) is 0 Å². The van der Waals surface area contributed by atoms with E-state index < -0.39 is 23.5 Å². The third-order valence-electron chi connectivity index (χ3n) is 5.81. The molecule has 3 unspecified atom stereocenters. The fourth-order valence-corrected chi connectivity index (χ4v) is 5.37. The Hall–Kier alpha value is -1.40. The Morgan fingerprint density at radius 1 is 1.15 bits per heavy atom. The van der Waals surface area contributed by atoms with Gasteiger partial charge >= 0.3 is 11.9 Å². The van der Waals surface area contributed by atoms with E-state index in [0.29, 0.717) is 30.4 Å². The zero-order valence-electron chi connectivity index (χ0n) is 16.0. The number of esters is 2. The fraction of sp³-hybridized carbons (Fsp3) is 0.800. The molecule has 0 aromatic heterocycles. The lowest BCUT2D eigenvalue weighted by atomic mass is 9.52. The lowest BCUT2D eigenvalue weighted by molar-refractivity contribution is -0.236. The summed E-state index contributed by atoms with van der Waals surface area (Å²) in [6, 6.07) is 0. The van der Waals surface area contributed by atoms with E-state index >= 15 is 0 Å². The summed E-state index contributed by atoms with van der Waals surface area (Å²) in [5.41, 5.74) is -0.445. The van der Waals surface area contributed by atoms with E-state index in [9.17, 15) is 9.59 Å². The summed E-state index contributed by atoms with van der Waals surface area (Å²) < 4.78 is 22.4. The topological polar surface area (TPSA) is 71.1 Å². The van der Waals surface area contributed by atoms with Gasteiger partial charge < -0.3 is 18.9 Å². The molecule has 0 amide bonds. The van der Waals surface area contributed by atoms with Crippen molar-refractivity contribution in [3.63, 3.8) is 0 Å². The van der Waals surface area contributed by atoms with E-state index in [0.717, 1.165) is 32.1 Å². The highest BCUT2D eigenvalue weighted by atomic mass is 16.7. The maximum atomic E-state index is 12.1. The molecule has 4 bridgehead atoms. The number of hydrogen-bond donors (Lipinski definition) is 0. The van der Waals surface area contributed by atoms with Crippen LogP contribution in [0, 0.1) is 11.8 Å². The van der Waals surface area contributed by atoms with E-state index in [2.05, 4.69) is 6.58 Å². The molecule has 6 heteroatoms. The van der Waals surface area contributed by atoms with Crippen LogP contribution in [0.1, 0.15) is 59.3 Å². The molecule has 0 aromatic rings. The second kappa shape index (κ2) is 7.31. The van der Waals surface area contributed by atoms with Crippen LogP contribution in [-0.2, 0) is 28.5 Å². The smallest absolute Gasteiger partial charge is 0.334 e. The van der Waals surface area contributed by atoms with Gasteiger partial charge in [-0.3, -0.25) is 0 Å². The Labute approximate surface area is 155 Å². The van der Waals surface area contributed by atoms with Crippen molar-refractivity contribution in [3.05, 3.63) is 12.2 Å². The van der Waals surface area contributed by atoms with Crippen LogP contribution < -0.4 is 0 Å². The Morgan fingerprint density at radius 3 is 2.35 bits per heavy atom. The van der Waals surface area contributed by atoms with E-state index in [1.165, 1.54) is 0 Å². The molecule has 0 aliphatic heterocycles. The van der Waals surface area contributed by atoms with Crippen LogP contribution >= 0.6 is 0 Å². The van der Waals surface area contributed by atoms with Gasteiger partial charge in [0.1, 0.15) is 12.2 Å². The van der Waals surface area contributed by atoms with Crippen molar-refractivity contribution in [2.24, 2.45) is 11.8 Å². The Balaban J connectivity index is 1.63. The number of carbonyl (C=O) groups is 2. The van der Waals surface area contributed by atoms with E-state index in [4.69, 9.17) is 18.9 Å². The first-order valence-corrected chi connectivity index (χ1v) is 9.59. The summed E-state index contributed by atoms with van der Waals surface area (Å²) in [7, 11) is 0. The van der Waals surface area contributed by atoms with Crippen LogP contribution in [0.25, 0.3) is 0 Å². The van der Waals surface area contributed by atoms with Gasteiger partial charge in [0, 0.05) is 18.6 Å². The van der Waals surface area contributed by atoms with Gasteiger partial charge in [-0.05, 0) is 64.7 Å². The van der Waals surface area contributed by atoms with Gasteiger partial charge in [-0.25, -0.2) is 9.59 Å². The van der Waals surface area contributed by atoms with E-state index in [1.54, 1.807) is 13.8 Å². The minimum absolute atomic E-state index is 0.0959. The highest BCUT2D eigenvalue weighted by molar-refractivity contribution is 5.87. The highest BCUT2D eigenvalue weighted by Crippen LogP contribution is 2.60. The minimum Gasteiger partial charge on any atom is -0.456 e. The summed E-state index contributed by atoms with van der Waals surface area (Å²) in [5.74, 6) is 0.210. The standard InChI is InChI=1S/C20H30O6/c1-5-23-14(4)25-17(21)11-24-19-7-15-6-16(8-19)10-20(9-15,12-19)26-18(22)13(2)3/h14-16H,2,5-12H2,1,3-4H3. The predicted molar refractivity (Wildman–Crippen MR) is 94.2 cm³/mol. The zero-order valence-corrected chi connectivity index (χ0v) is 16.0. The van der Waals surface area contributed by atoms with Gasteiger partial charge in [-0.1, -0.05) is 6.58 Å². The molecular formula is C20H30O6. The highest BCUT2D eigenvalue weighted by Gasteiger charge is 2.60. The van der Waals surface area contributed by atoms with Crippen molar-refractivity contribution in [1.82, 2.24) is 0 Å². The number of hydrogen-bond acceptors (Lipinski definition) is 6. The molecule has 4 aliphatic carbocycles. The second-order valence-corrected chi connectivity index (χ2v) is 8.30. The molecule has 3 atom stereocenters. The van der Waals surface area contributed by atoms with Gasteiger partial charge in [-0.2, -0.15) is 0 Å². The normalized spacial score (nSPS) is 35.8. The average Bonchev–Trinajstić information content (AvgIpc) is 2.51. The first-order valence-electron chi connectivity index (χ1n) is 9.59. The number of carbonyl (C=O) groups excluding carboxylic acids is 2. The largest absolute Gasteiger partial charge is 0.456 e. The van der Waals surface area contributed by atoms with Crippen LogP contribution in [0.4, 0.5) is 0 Å². The molecular weight excluding hydrogens is 336 g/mol. The third kappa shape index (κ3) is 4.12. The molecule has 0 spiro atoms. The van der Waals surface area contributed by atoms with Crippen LogP contribution in [-0.4, -0.2) is 42.6 Å². The lowest BCUT2D eigenvalue weighted by Gasteiger charge is -2.60. The molecule has 26 heavy (non-hydrogen) atoms. The van der Waals surface area contributed by atoms with Gasteiger partial charge in [-0.15, -0.1) is 0 Å². The molecule has 0 aromatic carbocycles. The minimum atomic E-state index is -0.574. The van der Waals surface area contributed by atoms with Gasteiger partial charge in [0.15, 0.2) is 6.29 Å². The third-order valence-corrected chi connectivity index (χ3v) is 5.81. The molecule has 146 valence electrons. The van der Waals surface area contributed by atoms with Crippen molar-refractivity contribution in [2.75, 3.05) is 13.2 Å². The maximum absolute atomic E-state index is 12.1. The van der Waals surface area contributed by atoms with Crippen molar-refractivity contribution in [3.8, 4) is 0 Å². The quantitative estimate of drug-likeness (QED) is 0.373. The number of rotatable bonds is 8. The molecule has 4 aliphatic rings. The van der Waals surface area contributed by atoms with E-state index in [1.807, 2.05) is 6.92 Å². The molecule has 4 saturated carbocycles. The summed E-state index contributed by atoms with van der Waals surface area (Å²) in [6.07, 6.45) is 4.85. The van der Waals surface area contributed by atoms with E-state index in [-0.39, 0.29) is 12.6 Å². The van der Waals surface area contributed by atoms with Crippen LogP contribution in [0.2, 0.25) is 0 Å². The molecule has 0 radical (unpaired) electrons. The van der Waals surface area contributed by atoms with Crippen LogP contribution in [0.5, 0.6) is 0 Å². The SMILES string of the molecule is C=C(C)C(=O)OC12CC3CC(CC(OCC(=O)OC(C)OCC)(C3)C1)C2. The molecule has 4 rings (SSSR count). The molecule has 0 saturated heterocycles. The molecule has 4 fully saturated rings.